The van der Waals surface area contributed by atoms with Gasteiger partial charge >= 0.3 is 0 Å². The van der Waals surface area contributed by atoms with Crippen LogP contribution >= 0.6 is 11.3 Å². The van der Waals surface area contributed by atoms with Gasteiger partial charge < -0.3 is 16.0 Å². The molecular formula is C19H33N5OS. The number of nitrogens with zero attached hydrogens (tertiary/aromatic N) is 2. The van der Waals surface area contributed by atoms with Gasteiger partial charge in [-0.3, -0.25) is 9.79 Å². The van der Waals surface area contributed by atoms with Gasteiger partial charge in [0.25, 0.3) is 0 Å². The summed E-state index contributed by atoms with van der Waals surface area (Å²) in [5.74, 6) is 1.56. The largest absolute Gasteiger partial charge is 0.357 e. The Kier molecular flexibility index (Phi) is 9.45. The van der Waals surface area contributed by atoms with E-state index in [0.717, 1.165) is 29.6 Å². The zero-order valence-corrected chi connectivity index (χ0v) is 17.0. The molecule has 6 nitrogen and oxygen atoms in total. The van der Waals surface area contributed by atoms with Crippen molar-refractivity contribution in [3.63, 3.8) is 0 Å². The fourth-order valence-corrected chi connectivity index (χ4v) is 3.90. The summed E-state index contributed by atoms with van der Waals surface area (Å²) in [4.78, 5) is 21.1. The molecular weight excluding hydrogens is 346 g/mol. The van der Waals surface area contributed by atoms with Gasteiger partial charge in [0.1, 0.15) is 0 Å². The molecule has 0 unspecified atom stereocenters. The first kappa shape index (κ1) is 20.7. The highest BCUT2D eigenvalue weighted by Crippen LogP contribution is 2.25. The Morgan fingerprint density at radius 3 is 2.69 bits per heavy atom. The number of carbonyl (C=O) groups is 1. The standard InChI is InChI=1S/C19H33N5OS/c1-3-20-19(22-10-9-17-14-26-15(2)24-17)23-12-11-21-18(25)13-16-7-5-4-6-8-16/h14,16H,3-13H2,1-2H3,(H,21,25)(H2,20,22,23). The highest BCUT2D eigenvalue weighted by molar-refractivity contribution is 7.09. The van der Waals surface area contributed by atoms with Crippen LogP contribution in [-0.2, 0) is 11.2 Å². The SMILES string of the molecule is CCNC(=NCCc1csc(C)n1)NCCNC(=O)CC1CCCCC1. The van der Waals surface area contributed by atoms with Crippen molar-refractivity contribution in [3.05, 3.63) is 16.1 Å². The second-order valence-corrected chi connectivity index (χ2v) is 7.92. The van der Waals surface area contributed by atoms with Gasteiger partial charge in [-0.1, -0.05) is 19.3 Å². The number of guanidine groups is 1. The molecule has 1 aliphatic rings. The van der Waals surface area contributed by atoms with Gasteiger partial charge in [0.05, 0.1) is 10.7 Å². The number of nitrogens with one attached hydrogen (secondary N) is 3. The van der Waals surface area contributed by atoms with Crippen LogP contribution in [0.1, 0.15) is 56.2 Å². The van der Waals surface area contributed by atoms with Gasteiger partial charge in [-0.15, -0.1) is 11.3 Å². The van der Waals surface area contributed by atoms with Crippen LogP contribution in [0.15, 0.2) is 10.4 Å². The minimum atomic E-state index is 0.180. The first-order chi connectivity index (χ1) is 12.7. The van der Waals surface area contributed by atoms with Gasteiger partial charge in [-0.2, -0.15) is 0 Å². The van der Waals surface area contributed by atoms with Crippen LogP contribution in [0.2, 0.25) is 0 Å². The Morgan fingerprint density at radius 2 is 2.00 bits per heavy atom. The molecule has 7 heteroatoms. The minimum absolute atomic E-state index is 0.180. The highest BCUT2D eigenvalue weighted by atomic mass is 32.1. The maximum atomic E-state index is 12.0. The van der Waals surface area contributed by atoms with Crippen molar-refractivity contribution in [3.8, 4) is 0 Å². The number of aromatic nitrogens is 1. The number of carbonyl (C=O) groups excluding carboxylic acids is 1. The monoisotopic (exact) mass is 379 g/mol. The van der Waals surface area contributed by atoms with E-state index in [2.05, 4.69) is 31.3 Å². The zero-order valence-electron chi connectivity index (χ0n) is 16.1. The van der Waals surface area contributed by atoms with Crippen molar-refractivity contribution in [2.24, 2.45) is 10.9 Å². The minimum Gasteiger partial charge on any atom is -0.357 e. The maximum Gasteiger partial charge on any atom is 0.220 e. The smallest absolute Gasteiger partial charge is 0.220 e. The van der Waals surface area contributed by atoms with Crippen LogP contribution in [0.25, 0.3) is 0 Å². The lowest BCUT2D eigenvalue weighted by Crippen LogP contribution is -2.41. The molecule has 0 aromatic carbocycles. The number of hydrogen-bond donors (Lipinski definition) is 3. The van der Waals surface area contributed by atoms with E-state index in [0.29, 0.717) is 32.0 Å². The van der Waals surface area contributed by atoms with Crippen LogP contribution in [0.5, 0.6) is 0 Å². The summed E-state index contributed by atoms with van der Waals surface area (Å²) in [5, 5.41) is 12.7. The Labute approximate surface area is 161 Å². The predicted octanol–water partition coefficient (Wildman–Crippen LogP) is 2.64. The average molecular weight is 380 g/mol. The van der Waals surface area contributed by atoms with E-state index >= 15 is 0 Å². The van der Waals surface area contributed by atoms with Crippen LogP contribution < -0.4 is 16.0 Å². The normalized spacial score (nSPS) is 15.7. The molecule has 1 amide bonds. The Hall–Kier alpha value is -1.63. The molecule has 0 atom stereocenters. The Morgan fingerprint density at radius 1 is 1.23 bits per heavy atom. The van der Waals surface area contributed by atoms with Gasteiger partial charge in [0.15, 0.2) is 5.96 Å². The summed E-state index contributed by atoms with van der Waals surface area (Å²) < 4.78 is 0. The van der Waals surface area contributed by atoms with E-state index in [1.54, 1.807) is 11.3 Å². The van der Waals surface area contributed by atoms with Crippen LogP contribution in [-0.4, -0.2) is 43.0 Å². The number of aryl methyl sites for hydroxylation is 1. The van der Waals surface area contributed by atoms with E-state index in [-0.39, 0.29) is 5.91 Å². The van der Waals surface area contributed by atoms with Crippen LogP contribution in [0.4, 0.5) is 0 Å². The number of amides is 1. The lowest BCUT2D eigenvalue weighted by molar-refractivity contribution is -0.122. The van der Waals surface area contributed by atoms with E-state index in [1.807, 2.05) is 13.8 Å². The first-order valence-corrected chi connectivity index (χ1v) is 10.7. The van der Waals surface area contributed by atoms with E-state index in [9.17, 15) is 4.79 Å². The summed E-state index contributed by atoms with van der Waals surface area (Å²) in [6.07, 6.45) is 7.84. The lowest BCUT2D eigenvalue weighted by Gasteiger charge is -2.20. The van der Waals surface area contributed by atoms with Crippen molar-refractivity contribution in [1.82, 2.24) is 20.9 Å². The topological polar surface area (TPSA) is 78.4 Å². The van der Waals surface area contributed by atoms with E-state index < -0.39 is 0 Å². The Balaban J connectivity index is 1.62. The average Bonchev–Trinajstić information content (AvgIpc) is 3.04. The van der Waals surface area contributed by atoms with E-state index in [4.69, 9.17) is 0 Å². The molecule has 26 heavy (non-hydrogen) atoms. The van der Waals surface area contributed by atoms with Gasteiger partial charge in [0, 0.05) is 44.4 Å². The van der Waals surface area contributed by atoms with E-state index in [1.165, 1.54) is 32.1 Å². The molecule has 1 aliphatic carbocycles. The molecule has 0 spiro atoms. The van der Waals surface area contributed by atoms with Crippen molar-refractivity contribution in [1.29, 1.82) is 0 Å². The van der Waals surface area contributed by atoms with Crippen molar-refractivity contribution in [2.45, 2.75) is 58.8 Å². The molecule has 1 aromatic rings. The molecule has 3 N–H and O–H groups in total. The second kappa shape index (κ2) is 11.9. The summed E-state index contributed by atoms with van der Waals surface area (Å²) >= 11 is 1.67. The highest BCUT2D eigenvalue weighted by Gasteiger charge is 2.16. The van der Waals surface area contributed by atoms with Crippen LogP contribution in [0, 0.1) is 12.8 Å². The molecule has 1 aromatic heterocycles. The van der Waals surface area contributed by atoms with Crippen molar-refractivity contribution in [2.75, 3.05) is 26.2 Å². The maximum absolute atomic E-state index is 12.0. The van der Waals surface area contributed by atoms with Gasteiger partial charge in [0.2, 0.25) is 5.91 Å². The summed E-state index contributed by atoms with van der Waals surface area (Å²) in [6.45, 7) is 6.89. The second-order valence-electron chi connectivity index (χ2n) is 6.85. The zero-order chi connectivity index (χ0) is 18.6. The number of rotatable bonds is 9. The third kappa shape index (κ3) is 8.17. The summed E-state index contributed by atoms with van der Waals surface area (Å²) in [5.41, 5.74) is 1.10. The van der Waals surface area contributed by atoms with Crippen molar-refractivity contribution < 1.29 is 4.79 Å². The lowest BCUT2D eigenvalue weighted by atomic mass is 9.87. The molecule has 0 aliphatic heterocycles. The quantitative estimate of drug-likeness (QED) is 0.350. The number of aliphatic imine (C=N–C) groups is 1. The molecule has 0 saturated heterocycles. The molecule has 2 rings (SSSR count). The molecule has 146 valence electrons. The molecule has 1 saturated carbocycles. The van der Waals surface area contributed by atoms with Gasteiger partial charge in [-0.25, -0.2) is 4.98 Å². The fourth-order valence-electron chi connectivity index (χ4n) is 3.26. The molecule has 0 radical (unpaired) electrons. The Bertz CT molecular complexity index is 566. The summed E-state index contributed by atoms with van der Waals surface area (Å²) in [7, 11) is 0. The molecule has 0 bridgehead atoms. The third-order valence-electron chi connectivity index (χ3n) is 4.59. The fraction of sp³-hybridized carbons (Fsp3) is 0.737. The molecule has 1 heterocycles. The van der Waals surface area contributed by atoms with Crippen LogP contribution in [0.3, 0.4) is 0 Å². The predicted molar refractivity (Wildman–Crippen MR) is 109 cm³/mol. The number of hydrogen-bond acceptors (Lipinski definition) is 4. The number of thiazole rings is 1. The van der Waals surface area contributed by atoms with Crippen molar-refractivity contribution >= 4 is 23.2 Å². The van der Waals surface area contributed by atoms with Gasteiger partial charge in [-0.05, 0) is 32.6 Å². The summed E-state index contributed by atoms with van der Waals surface area (Å²) in [6, 6.07) is 0. The molecule has 1 fully saturated rings. The third-order valence-corrected chi connectivity index (χ3v) is 5.41. The first-order valence-electron chi connectivity index (χ1n) is 9.87.